The number of amides is 1. The van der Waals surface area contributed by atoms with Gasteiger partial charge >= 0.3 is 5.97 Å². The summed E-state index contributed by atoms with van der Waals surface area (Å²) in [5, 5.41) is 0. The molecule has 152 valence electrons. The van der Waals surface area contributed by atoms with Crippen molar-refractivity contribution in [2.75, 3.05) is 13.7 Å². The molecule has 3 aromatic rings. The van der Waals surface area contributed by atoms with E-state index < -0.39 is 11.9 Å². The van der Waals surface area contributed by atoms with E-state index in [0.29, 0.717) is 10.6 Å². The van der Waals surface area contributed by atoms with E-state index in [-0.39, 0.29) is 13.2 Å². The van der Waals surface area contributed by atoms with Crippen LogP contribution in [0.25, 0.3) is 10.2 Å². The average molecular weight is 413 g/mol. The van der Waals surface area contributed by atoms with Crippen molar-refractivity contribution in [3.05, 3.63) is 58.9 Å². The predicted octanol–water partition coefficient (Wildman–Crippen LogP) is 3.72. The number of thiazole rings is 1. The number of methoxy groups -OCH3 is 1. The van der Waals surface area contributed by atoms with Crippen LogP contribution in [0, 0.1) is 0 Å². The molecule has 0 bridgehead atoms. The first kappa shape index (κ1) is 20.8. The van der Waals surface area contributed by atoms with Gasteiger partial charge < -0.3 is 14.0 Å². The first-order valence-electron chi connectivity index (χ1n) is 9.55. The van der Waals surface area contributed by atoms with Crippen molar-refractivity contribution in [2.45, 2.75) is 32.7 Å². The second-order valence-electron chi connectivity index (χ2n) is 6.56. The fourth-order valence-corrected chi connectivity index (χ4v) is 4.00. The molecule has 3 rings (SSSR count). The SMILES string of the molecule is CCCCc1ccc2c(c1)sc(=NC(=O)COc1ccccc1)n2CC(=O)OC. The maximum atomic E-state index is 12.4. The quantitative estimate of drug-likeness (QED) is 0.529. The Morgan fingerprint density at radius 1 is 1.14 bits per heavy atom. The molecule has 1 heterocycles. The van der Waals surface area contributed by atoms with Crippen LogP contribution in [0.4, 0.5) is 0 Å². The van der Waals surface area contributed by atoms with Crippen LogP contribution in [-0.4, -0.2) is 30.2 Å². The zero-order valence-electron chi connectivity index (χ0n) is 16.6. The number of rotatable bonds is 8. The summed E-state index contributed by atoms with van der Waals surface area (Å²) in [5.74, 6) is -0.199. The lowest BCUT2D eigenvalue weighted by molar-refractivity contribution is -0.141. The molecule has 7 heteroatoms. The molecule has 0 aliphatic rings. The van der Waals surface area contributed by atoms with Crippen LogP contribution in [0.15, 0.2) is 53.5 Å². The molecule has 2 aromatic carbocycles. The molecule has 0 N–H and O–H groups in total. The van der Waals surface area contributed by atoms with Crippen LogP contribution in [0.2, 0.25) is 0 Å². The Morgan fingerprint density at radius 2 is 1.93 bits per heavy atom. The summed E-state index contributed by atoms with van der Waals surface area (Å²) in [6.07, 6.45) is 3.24. The number of hydrogen-bond donors (Lipinski definition) is 0. The molecule has 0 aliphatic carbocycles. The third-order valence-corrected chi connectivity index (χ3v) is 5.45. The van der Waals surface area contributed by atoms with Gasteiger partial charge in [-0.2, -0.15) is 4.99 Å². The predicted molar refractivity (Wildman–Crippen MR) is 113 cm³/mol. The van der Waals surface area contributed by atoms with E-state index in [0.717, 1.165) is 29.5 Å². The fourth-order valence-electron chi connectivity index (χ4n) is 2.89. The largest absolute Gasteiger partial charge is 0.484 e. The molecule has 0 aliphatic heterocycles. The zero-order valence-corrected chi connectivity index (χ0v) is 17.4. The third-order valence-electron chi connectivity index (χ3n) is 4.41. The van der Waals surface area contributed by atoms with Crippen LogP contribution in [0.5, 0.6) is 5.75 Å². The molecule has 0 atom stereocenters. The number of aromatic nitrogens is 1. The van der Waals surface area contributed by atoms with Gasteiger partial charge in [-0.05, 0) is 42.7 Å². The monoisotopic (exact) mass is 412 g/mol. The summed E-state index contributed by atoms with van der Waals surface area (Å²) in [5.41, 5.74) is 2.09. The first-order chi connectivity index (χ1) is 14.1. The van der Waals surface area contributed by atoms with Gasteiger partial charge in [0.1, 0.15) is 12.3 Å². The van der Waals surface area contributed by atoms with Crippen molar-refractivity contribution >= 4 is 33.4 Å². The lowest BCUT2D eigenvalue weighted by Crippen LogP contribution is -2.23. The summed E-state index contributed by atoms with van der Waals surface area (Å²) in [6, 6.07) is 15.2. The molecular formula is C22H24N2O4S. The highest BCUT2D eigenvalue weighted by molar-refractivity contribution is 7.16. The van der Waals surface area contributed by atoms with Crippen LogP contribution in [0.1, 0.15) is 25.3 Å². The van der Waals surface area contributed by atoms with Gasteiger partial charge in [-0.3, -0.25) is 9.59 Å². The van der Waals surface area contributed by atoms with E-state index in [2.05, 4.69) is 24.0 Å². The Balaban J connectivity index is 1.90. The van der Waals surface area contributed by atoms with Gasteiger partial charge in [-0.1, -0.05) is 48.9 Å². The van der Waals surface area contributed by atoms with Gasteiger partial charge in [0.15, 0.2) is 11.4 Å². The number of aryl methyl sites for hydroxylation is 1. The van der Waals surface area contributed by atoms with E-state index >= 15 is 0 Å². The van der Waals surface area contributed by atoms with Crippen molar-refractivity contribution < 1.29 is 19.1 Å². The van der Waals surface area contributed by atoms with Crippen molar-refractivity contribution in [3.63, 3.8) is 0 Å². The van der Waals surface area contributed by atoms with Crippen molar-refractivity contribution in [1.82, 2.24) is 4.57 Å². The molecule has 0 fully saturated rings. The third kappa shape index (κ3) is 5.54. The number of carbonyl (C=O) groups is 2. The van der Waals surface area contributed by atoms with Gasteiger partial charge in [0.05, 0.1) is 17.3 Å². The Labute approximate surface area is 173 Å². The number of benzene rings is 2. The second kappa shape index (κ2) is 10.0. The van der Waals surface area contributed by atoms with Gasteiger partial charge in [-0.15, -0.1) is 0 Å². The summed E-state index contributed by atoms with van der Waals surface area (Å²) in [6.45, 7) is 1.99. The Bertz CT molecular complexity index is 1050. The number of para-hydroxylation sites is 1. The number of esters is 1. The van der Waals surface area contributed by atoms with Gasteiger partial charge in [0, 0.05) is 0 Å². The molecule has 0 saturated carbocycles. The highest BCUT2D eigenvalue weighted by atomic mass is 32.1. The second-order valence-corrected chi connectivity index (χ2v) is 7.57. The molecule has 6 nitrogen and oxygen atoms in total. The Kier molecular flexibility index (Phi) is 7.19. The summed E-state index contributed by atoms with van der Waals surface area (Å²) in [4.78, 5) is 28.9. The van der Waals surface area contributed by atoms with Crippen LogP contribution < -0.4 is 9.54 Å². The van der Waals surface area contributed by atoms with Crippen molar-refractivity contribution in [1.29, 1.82) is 0 Å². The number of ether oxygens (including phenoxy) is 2. The minimum absolute atomic E-state index is 0.00351. The summed E-state index contributed by atoms with van der Waals surface area (Å²) in [7, 11) is 1.34. The van der Waals surface area contributed by atoms with E-state index in [4.69, 9.17) is 9.47 Å². The standard InChI is InChI=1S/C22H24N2O4S/c1-3-4-8-16-11-12-18-19(13-16)29-22(24(18)14-21(26)27-2)23-20(25)15-28-17-9-6-5-7-10-17/h5-7,9-13H,3-4,8,14-15H2,1-2H3. The molecular weight excluding hydrogens is 388 g/mol. The van der Waals surface area contributed by atoms with E-state index in [1.807, 2.05) is 24.3 Å². The van der Waals surface area contributed by atoms with Crippen molar-refractivity contribution in [2.24, 2.45) is 4.99 Å². The maximum absolute atomic E-state index is 12.4. The molecule has 1 amide bonds. The Morgan fingerprint density at radius 3 is 2.66 bits per heavy atom. The molecule has 1 aromatic heterocycles. The molecule has 0 radical (unpaired) electrons. The molecule has 0 unspecified atom stereocenters. The normalized spacial score (nSPS) is 11.6. The van der Waals surface area contributed by atoms with Crippen LogP contribution >= 0.6 is 11.3 Å². The highest BCUT2D eigenvalue weighted by Gasteiger charge is 2.12. The zero-order chi connectivity index (χ0) is 20.6. The Hall–Kier alpha value is -2.93. The average Bonchev–Trinajstić information content (AvgIpc) is 3.07. The molecule has 0 spiro atoms. The van der Waals surface area contributed by atoms with Gasteiger partial charge in [0.2, 0.25) is 0 Å². The van der Waals surface area contributed by atoms with Crippen LogP contribution in [-0.2, 0) is 27.3 Å². The number of hydrogen-bond acceptors (Lipinski definition) is 5. The number of unbranched alkanes of at least 4 members (excludes halogenated alkanes) is 1. The number of carbonyl (C=O) groups excluding carboxylic acids is 2. The molecule has 29 heavy (non-hydrogen) atoms. The van der Waals surface area contributed by atoms with Gasteiger partial charge in [0.25, 0.3) is 5.91 Å². The molecule has 0 saturated heterocycles. The smallest absolute Gasteiger partial charge is 0.325 e. The van der Waals surface area contributed by atoms with Crippen molar-refractivity contribution in [3.8, 4) is 5.75 Å². The maximum Gasteiger partial charge on any atom is 0.325 e. The first-order valence-corrected chi connectivity index (χ1v) is 10.4. The van der Waals surface area contributed by atoms with E-state index in [9.17, 15) is 9.59 Å². The van der Waals surface area contributed by atoms with Crippen LogP contribution in [0.3, 0.4) is 0 Å². The fraction of sp³-hybridized carbons (Fsp3) is 0.318. The lowest BCUT2D eigenvalue weighted by Gasteiger charge is -2.05. The summed E-state index contributed by atoms with van der Waals surface area (Å²) >= 11 is 1.39. The van der Waals surface area contributed by atoms with E-state index in [1.165, 1.54) is 24.0 Å². The minimum atomic E-state index is -0.412. The van der Waals surface area contributed by atoms with E-state index in [1.54, 1.807) is 16.7 Å². The minimum Gasteiger partial charge on any atom is -0.484 e. The van der Waals surface area contributed by atoms with Gasteiger partial charge in [-0.25, -0.2) is 0 Å². The summed E-state index contributed by atoms with van der Waals surface area (Å²) < 4.78 is 13.0. The topological polar surface area (TPSA) is 69.9 Å². The number of nitrogens with zero attached hydrogens (tertiary/aromatic N) is 2. The lowest BCUT2D eigenvalue weighted by atomic mass is 10.1. The number of fused-ring (bicyclic) bond motifs is 1. The highest BCUT2D eigenvalue weighted by Crippen LogP contribution is 2.20.